The molecule has 1 heterocycles. The van der Waals surface area contributed by atoms with Crippen LogP contribution in [0, 0.1) is 11.8 Å². The second-order valence-electron chi connectivity index (χ2n) is 6.32. The summed E-state index contributed by atoms with van der Waals surface area (Å²) in [6, 6.07) is 6.92. The van der Waals surface area contributed by atoms with E-state index in [0.717, 1.165) is 18.4 Å². The number of imide groups is 1. The monoisotopic (exact) mass is 316 g/mol. The number of amides is 3. The molecule has 3 amide bonds. The average Bonchev–Trinajstić information content (AvgIpc) is 2.65. The van der Waals surface area contributed by atoms with Crippen molar-refractivity contribution in [1.82, 2.24) is 4.90 Å². The number of nitrogens with one attached hydrogen (secondary N) is 1. The van der Waals surface area contributed by atoms with Crippen LogP contribution < -0.4 is 5.32 Å². The Hall–Kier alpha value is -2.37. The minimum Gasteiger partial charge on any atom is -0.481 e. The topological polar surface area (TPSA) is 86.7 Å². The van der Waals surface area contributed by atoms with E-state index in [1.165, 1.54) is 4.90 Å². The van der Waals surface area contributed by atoms with Crippen LogP contribution >= 0.6 is 0 Å². The molecular weight excluding hydrogens is 296 g/mol. The summed E-state index contributed by atoms with van der Waals surface area (Å²) in [6.45, 7) is 0.366. The van der Waals surface area contributed by atoms with Gasteiger partial charge in [0.25, 0.3) is 0 Å². The predicted molar refractivity (Wildman–Crippen MR) is 84.0 cm³/mol. The lowest BCUT2D eigenvalue weighted by Gasteiger charge is -2.29. The van der Waals surface area contributed by atoms with Crippen molar-refractivity contribution in [2.75, 3.05) is 11.9 Å². The van der Waals surface area contributed by atoms with E-state index in [1.807, 2.05) is 18.2 Å². The van der Waals surface area contributed by atoms with Crippen LogP contribution in [-0.4, -0.2) is 34.5 Å². The van der Waals surface area contributed by atoms with Gasteiger partial charge in [-0.05, 0) is 43.2 Å². The van der Waals surface area contributed by atoms with Crippen LogP contribution in [0.3, 0.4) is 0 Å². The second kappa shape index (κ2) is 6.40. The summed E-state index contributed by atoms with van der Waals surface area (Å²) in [5, 5.41) is 11.8. The van der Waals surface area contributed by atoms with Gasteiger partial charge in [0.15, 0.2) is 0 Å². The number of carbonyl (C=O) groups is 3. The van der Waals surface area contributed by atoms with Crippen molar-refractivity contribution in [2.45, 2.75) is 32.1 Å². The van der Waals surface area contributed by atoms with Crippen molar-refractivity contribution in [3.63, 3.8) is 0 Å². The Labute approximate surface area is 134 Å². The second-order valence-corrected chi connectivity index (χ2v) is 6.32. The average molecular weight is 316 g/mol. The maximum absolute atomic E-state index is 12.4. The number of carbonyl (C=O) groups excluding carboxylic acids is 2. The summed E-state index contributed by atoms with van der Waals surface area (Å²) in [4.78, 5) is 37.0. The predicted octanol–water partition coefficient (Wildman–Crippen LogP) is 2.49. The Morgan fingerprint density at radius 1 is 1.17 bits per heavy atom. The molecule has 0 bridgehead atoms. The lowest BCUT2D eigenvalue weighted by Crippen LogP contribution is -2.42. The molecule has 0 unspecified atom stereocenters. The third-order valence-corrected chi connectivity index (χ3v) is 4.78. The van der Waals surface area contributed by atoms with Crippen LogP contribution in [0.2, 0.25) is 0 Å². The first-order chi connectivity index (χ1) is 11.0. The van der Waals surface area contributed by atoms with Crippen molar-refractivity contribution in [1.29, 1.82) is 0 Å². The highest BCUT2D eigenvalue weighted by Crippen LogP contribution is 2.30. The maximum Gasteiger partial charge on any atom is 0.328 e. The lowest BCUT2D eigenvalue weighted by molar-refractivity contribution is -0.143. The van der Waals surface area contributed by atoms with Gasteiger partial charge in [-0.3, -0.25) is 14.5 Å². The van der Waals surface area contributed by atoms with E-state index in [9.17, 15) is 14.4 Å². The number of para-hydroxylation sites is 1. The summed E-state index contributed by atoms with van der Waals surface area (Å²) in [6.07, 6.45) is 2.91. The number of carboxylic acids is 1. The third-order valence-electron chi connectivity index (χ3n) is 4.78. The molecule has 2 N–H and O–H groups in total. The number of hydrogen-bond acceptors (Lipinski definition) is 3. The Balaban J connectivity index is 1.66. The van der Waals surface area contributed by atoms with Gasteiger partial charge in [0.1, 0.15) is 0 Å². The van der Waals surface area contributed by atoms with Crippen molar-refractivity contribution in [3.05, 3.63) is 29.8 Å². The first kappa shape index (κ1) is 15.5. The van der Waals surface area contributed by atoms with Gasteiger partial charge in [0.2, 0.25) is 5.91 Å². The SMILES string of the molecule is O=C1Cc2ccccc2NC(=O)N1C[C@H]1CC[C@H](C(=O)O)CC1. The van der Waals surface area contributed by atoms with Crippen LogP contribution in [-0.2, 0) is 16.0 Å². The fraction of sp³-hybridized carbons (Fsp3) is 0.471. The van der Waals surface area contributed by atoms with E-state index < -0.39 is 5.97 Å². The molecule has 1 saturated carbocycles. The number of urea groups is 1. The van der Waals surface area contributed by atoms with E-state index >= 15 is 0 Å². The molecule has 23 heavy (non-hydrogen) atoms. The molecule has 1 aliphatic heterocycles. The van der Waals surface area contributed by atoms with Gasteiger partial charge in [-0.15, -0.1) is 0 Å². The van der Waals surface area contributed by atoms with Crippen molar-refractivity contribution < 1.29 is 19.5 Å². The van der Waals surface area contributed by atoms with E-state index in [2.05, 4.69) is 5.32 Å². The molecule has 6 heteroatoms. The smallest absolute Gasteiger partial charge is 0.328 e. The molecule has 3 rings (SSSR count). The number of aliphatic carboxylic acids is 1. The molecule has 1 aromatic carbocycles. The fourth-order valence-corrected chi connectivity index (χ4v) is 3.39. The molecule has 0 aromatic heterocycles. The van der Waals surface area contributed by atoms with E-state index in [4.69, 9.17) is 5.11 Å². The Morgan fingerprint density at radius 3 is 2.57 bits per heavy atom. The number of rotatable bonds is 3. The first-order valence-corrected chi connectivity index (χ1v) is 7.96. The summed E-state index contributed by atoms with van der Waals surface area (Å²) in [7, 11) is 0. The molecule has 1 fully saturated rings. The molecule has 2 aliphatic rings. The van der Waals surface area contributed by atoms with Crippen LogP contribution in [0.5, 0.6) is 0 Å². The first-order valence-electron chi connectivity index (χ1n) is 7.96. The quantitative estimate of drug-likeness (QED) is 0.897. The third kappa shape index (κ3) is 3.36. The van der Waals surface area contributed by atoms with E-state index in [0.29, 0.717) is 25.1 Å². The lowest BCUT2D eigenvalue weighted by atomic mass is 9.82. The van der Waals surface area contributed by atoms with Gasteiger partial charge in [-0.25, -0.2) is 4.79 Å². The highest BCUT2D eigenvalue weighted by molar-refractivity contribution is 6.04. The summed E-state index contributed by atoms with van der Waals surface area (Å²) in [5.74, 6) is -1.05. The number of carboxylic acid groups (broad SMARTS) is 1. The molecule has 0 saturated heterocycles. The van der Waals surface area contributed by atoms with Gasteiger partial charge in [0, 0.05) is 12.2 Å². The van der Waals surface area contributed by atoms with Crippen LogP contribution in [0.15, 0.2) is 24.3 Å². The number of hydrogen-bond donors (Lipinski definition) is 2. The van der Waals surface area contributed by atoms with Crippen LogP contribution in [0.25, 0.3) is 0 Å². The summed E-state index contributed by atoms with van der Waals surface area (Å²) >= 11 is 0. The van der Waals surface area contributed by atoms with Crippen molar-refractivity contribution in [3.8, 4) is 0 Å². The normalized spacial score (nSPS) is 24.6. The molecule has 1 aromatic rings. The number of fused-ring (bicyclic) bond motifs is 1. The standard InChI is InChI=1S/C17H20N2O4/c20-15-9-13-3-1-2-4-14(13)18-17(23)19(15)10-11-5-7-12(8-6-11)16(21)22/h1-4,11-12H,5-10H2,(H,18,23)(H,21,22)/t11-,12-. The molecule has 0 spiro atoms. The fourth-order valence-electron chi connectivity index (χ4n) is 3.39. The van der Waals surface area contributed by atoms with Gasteiger partial charge in [0.05, 0.1) is 12.3 Å². The van der Waals surface area contributed by atoms with Crippen molar-refractivity contribution >= 4 is 23.6 Å². The Kier molecular flexibility index (Phi) is 4.32. The van der Waals surface area contributed by atoms with Crippen LogP contribution in [0.4, 0.5) is 10.5 Å². The minimum atomic E-state index is -0.748. The van der Waals surface area contributed by atoms with Crippen molar-refractivity contribution in [2.24, 2.45) is 11.8 Å². The minimum absolute atomic E-state index is 0.182. The van der Waals surface area contributed by atoms with E-state index in [-0.39, 0.29) is 30.2 Å². The number of nitrogens with zero attached hydrogens (tertiary/aromatic N) is 1. The van der Waals surface area contributed by atoms with Crippen LogP contribution in [0.1, 0.15) is 31.2 Å². The summed E-state index contributed by atoms with van der Waals surface area (Å²) < 4.78 is 0. The molecule has 0 atom stereocenters. The zero-order valence-electron chi connectivity index (χ0n) is 12.8. The molecular formula is C17H20N2O4. The highest BCUT2D eigenvalue weighted by atomic mass is 16.4. The maximum atomic E-state index is 12.4. The zero-order chi connectivity index (χ0) is 16.4. The zero-order valence-corrected chi connectivity index (χ0v) is 12.8. The molecule has 1 aliphatic carbocycles. The molecule has 122 valence electrons. The molecule has 0 radical (unpaired) electrons. The van der Waals surface area contributed by atoms with E-state index in [1.54, 1.807) is 6.07 Å². The highest BCUT2D eigenvalue weighted by Gasteiger charge is 2.32. The Bertz CT molecular complexity index is 598. The Morgan fingerprint density at radius 2 is 1.87 bits per heavy atom. The van der Waals surface area contributed by atoms with Gasteiger partial charge < -0.3 is 10.4 Å². The van der Waals surface area contributed by atoms with Gasteiger partial charge in [-0.1, -0.05) is 18.2 Å². The number of anilines is 1. The van der Waals surface area contributed by atoms with Gasteiger partial charge >= 0.3 is 12.0 Å². The van der Waals surface area contributed by atoms with Gasteiger partial charge in [-0.2, -0.15) is 0 Å². The number of benzene rings is 1. The molecule has 6 nitrogen and oxygen atoms in total. The largest absolute Gasteiger partial charge is 0.481 e. The summed E-state index contributed by atoms with van der Waals surface area (Å²) in [5.41, 5.74) is 1.51.